The number of halogens is 2. The van der Waals surface area contributed by atoms with E-state index in [1.54, 1.807) is 30.3 Å². The first-order valence-corrected chi connectivity index (χ1v) is 12.4. The van der Waals surface area contributed by atoms with Gasteiger partial charge in [-0.2, -0.15) is 0 Å². The molecule has 0 aliphatic carbocycles. The molecule has 0 saturated carbocycles. The second-order valence-electron chi connectivity index (χ2n) is 7.49. The van der Waals surface area contributed by atoms with Crippen LogP contribution in [-0.4, -0.2) is 57.8 Å². The number of carbonyl (C=O) groups is 1. The zero-order valence-electron chi connectivity index (χ0n) is 17.1. The van der Waals surface area contributed by atoms with Gasteiger partial charge in [0.05, 0.1) is 35.4 Å². The lowest BCUT2D eigenvalue weighted by Crippen LogP contribution is -2.47. The molecule has 1 heterocycles. The number of nitrogens with one attached hydrogen (secondary N) is 2. The minimum atomic E-state index is -3.32. The van der Waals surface area contributed by atoms with E-state index in [0.717, 1.165) is 23.9 Å². The zero-order chi connectivity index (χ0) is 22.4. The van der Waals surface area contributed by atoms with Crippen LogP contribution < -0.4 is 10.0 Å². The lowest BCUT2D eigenvalue weighted by molar-refractivity contribution is -0.121. The fourth-order valence-electron chi connectivity index (χ4n) is 3.34. The van der Waals surface area contributed by atoms with E-state index in [4.69, 9.17) is 27.9 Å². The van der Waals surface area contributed by atoms with Gasteiger partial charge in [0.15, 0.2) is 0 Å². The van der Waals surface area contributed by atoms with Crippen molar-refractivity contribution < 1.29 is 17.9 Å². The summed E-state index contributed by atoms with van der Waals surface area (Å²) in [6, 6.07) is 12.3. The summed E-state index contributed by atoms with van der Waals surface area (Å²) in [4.78, 5) is 14.5. The van der Waals surface area contributed by atoms with Gasteiger partial charge in [0.2, 0.25) is 15.9 Å². The van der Waals surface area contributed by atoms with Crippen LogP contribution in [0, 0.1) is 0 Å². The predicted octanol–water partition coefficient (Wildman–Crippen LogP) is 2.92. The Morgan fingerprint density at radius 1 is 1.19 bits per heavy atom. The monoisotopic (exact) mass is 485 g/mol. The molecule has 10 heteroatoms. The number of anilines is 1. The molecule has 1 saturated heterocycles. The molecule has 0 bridgehead atoms. The van der Waals surface area contributed by atoms with E-state index in [-0.39, 0.29) is 18.4 Å². The van der Waals surface area contributed by atoms with Crippen molar-refractivity contribution in [1.82, 2.24) is 10.2 Å². The first-order valence-electron chi connectivity index (χ1n) is 9.80. The minimum absolute atomic E-state index is 0.114. The molecule has 1 aliphatic rings. The smallest absolute Gasteiger partial charge is 0.229 e. The molecule has 3 rings (SSSR count). The molecule has 1 unspecified atom stereocenters. The second-order valence-corrected chi connectivity index (χ2v) is 10.0. The highest BCUT2D eigenvalue weighted by molar-refractivity contribution is 7.92. The molecule has 2 N–H and O–H groups in total. The Hall–Kier alpha value is -1.84. The average Bonchev–Trinajstić information content (AvgIpc) is 2.71. The third-order valence-electron chi connectivity index (χ3n) is 4.80. The number of amides is 1. The van der Waals surface area contributed by atoms with Crippen molar-refractivity contribution in [3.63, 3.8) is 0 Å². The summed E-state index contributed by atoms with van der Waals surface area (Å²) in [5, 5.41) is 4.02. The lowest BCUT2D eigenvalue weighted by atomic mass is 10.1. The molecule has 1 fully saturated rings. The highest BCUT2D eigenvalue weighted by atomic mass is 35.5. The minimum Gasteiger partial charge on any atom is -0.374 e. The Bertz CT molecular complexity index is 1020. The van der Waals surface area contributed by atoms with Gasteiger partial charge in [-0.05, 0) is 29.3 Å². The number of ether oxygens (including phenoxy) is 1. The van der Waals surface area contributed by atoms with Gasteiger partial charge in [0.25, 0.3) is 0 Å². The Kier molecular flexibility index (Phi) is 8.18. The first-order chi connectivity index (χ1) is 14.7. The Balaban J connectivity index is 1.46. The van der Waals surface area contributed by atoms with Gasteiger partial charge >= 0.3 is 0 Å². The summed E-state index contributed by atoms with van der Waals surface area (Å²) < 4.78 is 30.7. The van der Waals surface area contributed by atoms with Gasteiger partial charge in [0.1, 0.15) is 0 Å². The van der Waals surface area contributed by atoms with Crippen LogP contribution in [-0.2, 0) is 32.5 Å². The van der Waals surface area contributed by atoms with E-state index < -0.39 is 10.0 Å². The summed E-state index contributed by atoms with van der Waals surface area (Å²) in [5.41, 5.74) is 2.22. The molecule has 2 aromatic carbocycles. The lowest BCUT2D eigenvalue weighted by Gasteiger charge is -2.33. The van der Waals surface area contributed by atoms with Gasteiger partial charge in [0, 0.05) is 31.9 Å². The van der Waals surface area contributed by atoms with Crippen LogP contribution in [0.25, 0.3) is 0 Å². The topological polar surface area (TPSA) is 87.7 Å². The number of nitrogens with zero attached hydrogens (tertiary/aromatic N) is 1. The van der Waals surface area contributed by atoms with Crippen LogP contribution in [0.15, 0.2) is 42.5 Å². The third kappa shape index (κ3) is 7.66. The van der Waals surface area contributed by atoms with E-state index >= 15 is 0 Å². The molecule has 0 aromatic heterocycles. The van der Waals surface area contributed by atoms with E-state index in [0.29, 0.717) is 42.0 Å². The highest BCUT2D eigenvalue weighted by Gasteiger charge is 2.22. The molecule has 1 atom stereocenters. The third-order valence-corrected chi connectivity index (χ3v) is 6.26. The largest absolute Gasteiger partial charge is 0.374 e. The van der Waals surface area contributed by atoms with E-state index in [9.17, 15) is 13.2 Å². The van der Waals surface area contributed by atoms with Crippen molar-refractivity contribution in [2.24, 2.45) is 0 Å². The normalized spacial score (nSPS) is 17.3. The fraction of sp³-hybridized carbons (Fsp3) is 0.381. The molecule has 1 aliphatic heterocycles. The molecule has 0 spiro atoms. The molecular weight excluding hydrogens is 461 g/mol. The van der Waals surface area contributed by atoms with Crippen LogP contribution >= 0.6 is 23.2 Å². The molecule has 7 nitrogen and oxygen atoms in total. The quantitative estimate of drug-likeness (QED) is 0.599. The van der Waals surface area contributed by atoms with Crippen LogP contribution in [0.4, 0.5) is 5.69 Å². The molecule has 1 amide bonds. The molecule has 0 radical (unpaired) electrons. The number of morpholine rings is 1. The van der Waals surface area contributed by atoms with Crippen molar-refractivity contribution in [1.29, 1.82) is 0 Å². The SMILES string of the molecule is CS(=O)(=O)Nc1ccc(CC(=O)NCC2CN(Cc3cccc(Cl)c3Cl)CCO2)cc1. The van der Waals surface area contributed by atoms with Crippen LogP contribution in [0.5, 0.6) is 0 Å². The number of hydrogen-bond acceptors (Lipinski definition) is 5. The van der Waals surface area contributed by atoms with Crippen molar-refractivity contribution in [2.45, 2.75) is 19.1 Å². The molecule has 168 valence electrons. The summed E-state index contributed by atoms with van der Waals surface area (Å²) in [5.74, 6) is -0.123. The summed E-state index contributed by atoms with van der Waals surface area (Å²) in [6.07, 6.45) is 1.18. The van der Waals surface area contributed by atoms with Gasteiger partial charge in [-0.15, -0.1) is 0 Å². The van der Waals surface area contributed by atoms with Crippen molar-refractivity contribution in [3.8, 4) is 0 Å². The maximum Gasteiger partial charge on any atom is 0.229 e. The number of carbonyl (C=O) groups excluding carboxylic acids is 1. The fourth-order valence-corrected chi connectivity index (χ4v) is 4.28. The van der Waals surface area contributed by atoms with Crippen LogP contribution in [0.2, 0.25) is 10.0 Å². The standard InChI is InChI=1S/C21H25Cl2N3O4S/c1-31(28,29)25-17-7-5-15(6-8-17)11-20(27)24-12-18-14-26(9-10-30-18)13-16-3-2-4-19(22)21(16)23/h2-8,18,25H,9-14H2,1H3,(H,24,27). The van der Waals surface area contributed by atoms with Gasteiger partial charge < -0.3 is 10.1 Å². The Morgan fingerprint density at radius 3 is 2.65 bits per heavy atom. The molecule has 31 heavy (non-hydrogen) atoms. The summed E-state index contributed by atoms with van der Waals surface area (Å²) >= 11 is 12.4. The maximum absolute atomic E-state index is 12.3. The summed E-state index contributed by atoms with van der Waals surface area (Å²) in [7, 11) is -3.32. The van der Waals surface area contributed by atoms with E-state index in [1.807, 2.05) is 12.1 Å². The van der Waals surface area contributed by atoms with Crippen LogP contribution in [0.3, 0.4) is 0 Å². The zero-order valence-corrected chi connectivity index (χ0v) is 19.4. The average molecular weight is 486 g/mol. The predicted molar refractivity (Wildman–Crippen MR) is 123 cm³/mol. The number of rotatable bonds is 8. The Morgan fingerprint density at radius 2 is 1.94 bits per heavy atom. The van der Waals surface area contributed by atoms with Crippen molar-refractivity contribution in [3.05, 3.63) is 63.6 Å². The maximum atomic E-state index is 12.3. The van der Waals surface area contributed by atoms with Crippen molar-refractivity contribution in [2.75, 3.05) is 37.2 Å². The van der Waals surface area contributed by atoms with Gasteiger partial charge in [-0.3, -0.25) is 14.4 Å². The second kappa shape index (κ2) is 10.7. The van der Waals surface area contributed by atoms with E-state index in [2.05, 4.69) is 14.9 Å². The first kappa shape index (κ1) is 23.8. The Labute approximate surface area is 192 Å². The van der Waals surface area contributed by atoms with Crippen LogP contribution in [0.1, 0.15) is 11.1 Å². The number of hydrogen-bond donors (Lipinski definition) is 2. The van der Waals surface area contributed by atoms with E-state index in [1.165, 1.54) is 0 Å². The van der Waals surface area contributed by atoms with Gasteiger partial charge in [-0.25, -0.2) is 8.42 Å². The van der Waals surface area contributed by atoms with Gasteiger partial charge in [-0.1, -0.05) is 47.5 Å². The molecular formula is C21H25Cl2N3O4S. The highest BCUT2D eigenvalue weighted by Crippen LogP contribution is 2.27. The summed E-state index contributed by atoms with van der Waals surface area (Å²) in [6.45, 7) is 3.11. The molecule has 2 aromatic rings. The van der Waals surface area contributed by atoms with Crippen molar-refractivity contribution >= 4 is 44.8 Å². The number of benzene rings is 2. The number of sulfonamides is 1.